The Labute approximate surface area is 317 Å². The number of ether oxygens (including phenoxy) is 2. The smallest absolute Gasteiger partial charge is 0.454 e. The zero-order chi connectivity index (χ0) is 39.7. The molecule has 1 heterocycles. The number of benzene rings is 3. The lowest BCUT2D eigenvalue weighted by Crippen LogP contribution is -2.48. The van der Waals surface area contributed by atoms with Gasteiger partial charge in [-0.25, -0.2) is 14.4 Å². The number of nitrogens with zero attached hydrogens (tertiary/aromatic N) is 7. The van der Waals surface area contributed by atoms with Gasteiger partial charge in [-0.15, -0.1) is 10.2 Å². The lowest BCUT2D eigenvalue weighted by molar-refractivity contribution is -0.497. The van der Waals surface area contributed by atoms with Crippen LogP contribution >= 0.6 is 0 Å². The van der Waals surface area contributed by atoms with E-state index in [1.165, 1.54) is 0 Å². The van der Waals surface area contributed by atoms with Gasteiger partial charge in [-0.1, -0.05) is 105 Å². The molecule has 18 heteroatoms. The van der Waals surface area contributed by atoms with Gasteiger partial charge in [-0.3, -0.25) is 30.5 Å². The number of carbonyl (C=O) groups is 3. The van der Waals surface area contributed by atoms with Gasteiger partial charge in [0.15, 0.2) is 0 Å². The Hall–Kier alpha value is -5.18. The number of tetrazole rings is 1. The van der Waals surface area contributed by atoms with E-state index in [1.54, 1.807) is 29.2 Å². The van der Waals surface area contributed by atoms with Gasteiger partial charge >= 0.3 is 12.1 Å². The van der Waals surface area contributed by atoms with Crippen LogP contribution in [-0.2, 0) is 48.5 Å². The molecule has 4 N–H and O–H groups in total. The Morgan fingerprint density at radius 3 is 2.00 bits per heavy atom. The van der Waals surface area contributed by atoms with E-state index in [-0.39, 0.29) is 67.8 Å². The number of esters is 1. The first-order chi connectivity index (χ1) is 26.5. The Bertz CT molecular complexity index is 1800. The Balaban J connectivity index is 1.44. The predicted molar refractivity (Wildman–Crippen MR) is 191 cm³/mol. The number of hydrogen-bond acceptors (Lipinski definition) is 16. The fourth-order valence-corrected chi connectivity index (χ4v) is 5.56. The second-order valence-corrected chi connectivity index (χ2v) is 12.8. The van der Waals surface area contributed by atoms with Crippen molar-refractivity contribution in [2.24, 2.45) is 5.92 Å². The molecule has 296 valence electrons. The molecule has 3 aromatic carbocycles. The average molecular weight is 766 g/mol. The molecule has 0 radical (unpaired) electrons. The summed E-state index contributed by atoms with van der Waals surface area (Å²) in [6.45, 7) is 5.88. The van der Waals surface area contributed by atoms with Crippen LogP contribution in [0.2, 0.25) is 0 Å². The van der Waals surface area contributed by atoms with E-state index < -0.39 is 18.1 Å². The summed E-state index contributed by atoms with van der Waals surface area (Å²) in [6.07, 6.45) is 1.80. The highest BCUT2D eigenvalue weighted by atomic mass is 17.1. The number of unbranched alkanes of at least 4 members (excludes halogenated alkanes) is 2. The van der Waals surface area contributed by atoms with Gasteiger partial charge in [0.25, 0.3) is 0 Å². The quantitative estimate of drug-likeness (QED) is 0.0461. The molecule has 0 bridgehead atoms. The van der Waals surface area contributed by atoms with E-state index >= 15 is 0 Å². The predicted octanol–water partition coefficient (Wildman–Crippen LogP) is 5.58. The summed E-state index contributed by atoms with van der Waals surface area (Å²) in [5.74, 6) is -0.698. The second-order valence-electron chi connectivity index (χ2n) is 12.8. The average Bonchev–Trinajstić information content (AvgIpc) is 3.67. The summed E-state index contributed by atoms with van der Waals surface area (Å²) in [5, 5.41) is 46.2. The van der Waals surface area contributed by atoms with Crippen molar-refractivity contribution >= 4 is 18.0 Å². The standard InChI is InChI=1S/C37H47N7O11/c1-4-5-12-33(45)41(34(26(2)3)36(46)52-21-8-9-22-54-43(48)49)23-27-17-19-30(20-18-27)31-10-6-7-11-32(31)35-38-40-42(39-35)37(47)53-24-28-13-15-29(16-14-28)25-55-44(50)51/h6-7,10-11,13-20,26,34,48-51H,4-5,8-9,12,21-25H2,1-3H3/t34-/m0/s1. The van der Waals surface area contributed by atoms with Gasteiger partial charge in [-0.05, 0) is 58.2 Å². The molecule has 4 aromatic rings. The zero-order valence-corrected chi connectivity index (χ0v) is 30.9. The third kappa shape index (κ3) is 13.3. The molecule has 0 fully saturated rings. The summed E-state index contributed by atoms with van der Waals surface area (Å²) < 4.78 is 10.9. The first-order valence-electron chi connectivity index (χ1n) is 17.8. The molecule has 18 nitrogen and oxygen atoms in total. The van der Waals surface area contributed by atoms with Crippen LogP contribution in [-0.4, -0.2) is 93.9 Å². The highest BCUT2D eigenvalue weighted by Crippen LogP contribution is 2.30. The van der Waals surface area contributed by atoms with Crippen molar-refractivity contribution in [3.05, 3.63) is 89.5 Å². The van der Waals surface area contributed by atoms with Crippen molar-refractivity contribution in [2.75, 3.05) is 13.2 Å². The molecule has 0 saturated heterocycles. The van der Waals surface area contributed by atoms with E-state index in [1.807, 2.05) is 69.3 Å². The van der Waals surface area contributed by atoms with Crippen LogP contribution in [0.25, 0.3) is 22.5 Å². The Morgan fingerprint density at radius 2 is 1.36 bits per heavy atom. The van der Waals surface area contributed by atoms with Crippen LogP contribution in [0.1, 0.15) is 69.6 Å². The van der Waals surface area contributed by atoms with Gasteiger partial charge in [0, 0.05) is 18.5 Å². The lowest BCUT2D eigenvalue weighted by atomic mass is 9.97. The van der Waals surface area contributed by atoms with E-state index in [4.69, 9.17) is 30.3 Å². The van der Waals surface area contributed by atoms with Gasteiger partial charge in [0.05, 0.1) is 30.6 Å². The maximum Gasteiger partial charge on any atom is 0.454 e. The number of aromatic nitrogens is 4. The molecule has 0 aliphatic heterocycles. The second kappa shape index (κ2) is 21.6. The molecular formula is C37H47N7O11. The fourth-order valence-electron chi connectivity index (χ4n) is 5.56. The maximum atomic E-state index is 13.5. The molecule has 1 atom stereocenters. The van der Waals surface area contributed by atoms with E-state index in [0.29, 0.717) is 36.0 Å². The molecule has 1 amide bonds. The lowest BCUT2D eigenvalue weighted by Gasteiger charge is -2.33. The van der Waals surface area contributed by atoms with E-state index in [2.05, 4.69) is 25.1 Å². The normalized spacial score (nSPS) is 12.0. The van der Waals surface area contributed by atoms with Crippen LogP contribution in [0.3, 0.4) is 0 Å². The monoisotopic (exact) mass is 765 g/mol. The van der Waals surface area contributed by atoms with Crippen LogP contribution in [0, 0.1) is 5.92 Å². The molecule has 55 heavy (non-hydrogen) atoms. The largest absolute Gasteiger partial charge is 0.464 e. The molecule has 0 saturated carbocycles. The number of carbonyl (C=O) groups excluding carboxylic acids is 3. The summed E-state index contributed by atoms with van der Waals surface area (Å²) in [5.41, 5.74) is 4.34. The van der Waals surface area contributed by atoms with Crippen molar-refractivity contribution in [1.82, 2.24) is 35.9 Å². The maximum absolute atomic E-state index is 13.5. The molecular weight excluding hydrogens is 718 g/mol. The first kappa shape index (κ1) is 42.6. The molecule has 0 spiro atoms. The SMILES string of the molecule is CCCCC(=O)N(Cc1ccc(-c2ccccc2-c2nnn(C(=O)OCc3ccc(CON(O)O)cc3)n2)cc1)[C@H](C(=O)OCCCCON(O)O)C(C)C. The van der Waals surface area contributed by atoms with Gasteiger partial charge in [0.2, 0.25) is 11.7 Å². The van der Waals surface area contributed by atoms with Crippen LogP contribution in [0.5, 0.6) is 0 Å². The van der Waals surface area contributed by atoms with Crippen molar-refractivity contribution < 1.29 is 54.4 Å². The van der Waals surface area contributed by atoms with Gasteiger partial charge in [0.1, 0.15) is 12.6 Å². The zero-order valence-electron chi connectivity index (χ0n) is 30.9. The van der Waals surface area contributed by atoms with Gasteiger partial charge < -0.3 is 14.4 Å². The van der Waals surface area contributed by atoms with Crippen molar-refractivity contribution in [3.8, 4) is 22.5 Å². The van der Waals surface area contributed by atoms with E-state index in [0.717, 1.165) is 27.9 Å². The topological polar surface area (TPSA) is 222 Å². The Morgan fingerprint density at radius 1 is 0.745 bits per heavy atom. The molecule has 4 rings (SSSR count). The van der Waals surface area contributed by atoms with Crippen LogP contribution in [0.4, 0.5) is 4.79 Å². The van der Waals surface area contributed by atoms with Crippen molar-refractivity contribution in [2.45, 2.75) is 78.7 Å². The number of hydrogen-bond donors (Lipinski definition) is 4. The third-order valence-corrected chi connectivity index (χ3v) is 8.36. The highest BCUT2D eigenvalue weighted by molar-refractivity contribution is 5.85. The van der Waals surface area contributed by atoms with Crippen molar-refractivity contribution in [3.63, 3.8) is 0 Å². The minimum Gasteiger partial charge on any atom is -0.464 e. The molecule has 0 aliphatic carbocycles. The van der Waals surface area contributed by atoms with Crippen LogP contribution in [0.15, 0.2) is 72.8 Å². The molecule has 1 aromatic heterocycles. The van der Waals surface area contributed by atoms with Crippen molar-refractivity contribution in [1.29, 1.82) is 0 Å². The minimum atomic E-state index is -0.836. The molecule has 0 aliphatic rings. The number of amides is 1. The summed E-state index contributed by atoms with van der Waals surface area (Å²) >= 11 is 0. The third-order valence-electron chi connectivity index (χ3n) is 8.36. The summed E-state index contributed by atoms with van der Waals surface area (Å²) in [6, 6.07) is 20.9. The first-order valence-corrected chi connectivity index (χ1v) is 17.8. The molecule has 0 unspecified atom stereocenters. The van der Waals surface area contributed by atoms with Crippen LogP contribution < -0.4 is 0 Å². The Kier molecular flexibility index (Phi) is 16.7. The fraction of sp³-hybridized carbons (Fsp3) is 0.405. The summed E-state index contributed by atoms with van der Waals surface area (Å²) in [7, 11) is 0. The number of rotatable bonds is 21. The van der Waals surface area contributed by atoms with E-state index in [9.17, 15) is 14.4 Å². The summed E-state index contributed by atoms with van der Waals surface area (Å²) in [4.78, 5) is 51.1. The van der Waals surface area contributed by atoms with Gasteiger partial charge in [-0.2, -0.15) is 0 Å². The minimum absolute atomic E-state index is 0.0289. The highest BCUT2D eigenvalue weighted by Gasteiger charge is 2.33.